The molecule has 0 aliphatic carbocycles. The van der Waals surface area contributed by atoms with E-state index in [1.807, 2.05) is 24.3 Å². The highest BCUT2D eigenvalue weighted by Crippen LogP contribution is 2.43. The number of thiophene rings is 1. The fourth-order valence-corrected chi connectivity index (χ4v) is 7.00. The standard InChI is InChI=1S/C19H18ClN3O2S2/c20-14-9-16(13-3-1-2-12(8-13)10-21)26-17(14)15-11-27(24)19(18(22)23-15)4-6-25-7-5-19/h1-3,8-9,15H,4-7,11H2,(H2,22,23)/t15-,27?/m0/s1. The topological polar surface area (TPSA) is 92.0 Å². The summed E-state index contributed by atoms with van der Waals surface area (Å²) < 4.78 is 17.8. The maximum atomic E-state index is 13.0. The molecule has 0 radical (unpaired) electrons. The van der Waals surface area contributed by atoms with Crippen molar-refractivity contribution in [3.05, 3.63) is 45.8 Å². The molecule has 1 spiro atoms. The smallest absolute Gasteiger partial charge is 0.185 e. The molecule has 140 valence electrons. The molecule has 8 heteroatoms. The lowest BCUT2D eigenvalue weighted by molar-refractivity contribution is 0.0869. The third-order valence-corrected chi connectivity index (χ3v) is 8.98. The van der Waals surface area contributed by atoms with Crippen LogP contribution in [-0.2, 0) is 15.9 Å². The first kappa shape index (κ1) is 18.8. The van der Waals surface area contributed by atoms with E-state index in [2.05, 4.69) is 11.4 Å². The number of hydrogen-bond donors (Lipinski definition) is 2. The molecule has 0 bridgehead atoms. The average Bonchev–Trinajstić information content (AvgIpc) is 3.08. The summed E-state index contributed by atoms with van der Waals surface area (Å²) in [5.41, 5.74) is 1.53. The van der Waals surface area contributed by atoms with Gasteiger partial charge in [0.25, 0.3) is 0 Å². The molecule has 2 fully saturated rings. The number of nitrogens with one attached hydrogen (secondary N) is 2. The maximum Gasteiger partial charge on any atom is 0.185 e. The largest absolute Gasteiger partial charge is 0.616 e. The van der Waals surface area contributed by atoms with Crippen molar-refractivity contribution in [1.82, 2.24) is 5.32 Å². The van der Waals surface area contributed by atoms with Crippen LogP contribution >= 0.6 is 22.9 Å². The molecular formula is C19H18ClN3O2S2. The quantitative estimate of drug-likeness (QED) is 0.723. The highest BCUT2D eigenvalue weighted by atomic mass is 35.5. The van der Waals surface area contributed by atoms with E-state index in [4.69, 9.17) is 27.0 Å². The zero-order valence-corrected chi connectivity index (χ0v) is 16.8. The van der Waals surface area contributed by atoms with Gasteiger partial charge in [-0.15, -0.1) is 11.3 Å². The number of hydrogen-bond acceptors (Lipinski definition) is 5. The molecule has 5 nitrogen and oxygen atoms in total. The lowest BCUT2D eigenvalue weighted by atomic mass is 9.96. The third-order valence-electron chi connectivity index (χ3n) is 5.13. The number of nitriles is 1. The summed E-state index contributed by atoms with van der Waals surface area (Å²) >= 11 is 6.85. The summed E-state index contributed by atoms with van der Waals surface area (Å²) in [5, 5.41) is 21.5. The maximum absolute atomic E-state index is 13.0. The lowest BCUT2D eigenvalue weighted by Crippen LogP contribution is -2.61. The number of benzene rings is 1. The average molecular weight is 420 g/mol. The second-order valence-corrected chi connectivity index (χ2v) is 10.0. The molecule has 2 saturated heterocycles. The molecule has 0 amide bonds. The predicted octanol–water partition coefficient (Wildman–Crippen LogP) is 3.86. The van der Waals surface area contributed by atoms with Crippen LogP contribution in [0.1, 0.15) is 29.3 Å². The first-order chi connectivity index (χ1) is 13.0. The summed E-state index contributed by atoms with van der Waals surface area (Å²) in [6.45, 7) is 1.08. The van der Waals surface area contributed by atoms with Gasteiger partial charge in [-0.2, -0.15) is 5.26 Å². The Morgan fingerprint density at radius 3 is 2.85 bits per heavy atom. The summed E-state index contributed by atoms with van der Waals surface area (Å²) in [4.78, 5) is 1.84. The zero-order valence-electron chi connectivity index (χ0n) is 14.5. The van der Waals surface area contributed by atoms with Crippen molar-refractivity contribution in [2.45, 2.75) is 23.6 Å². The van der Waals surface area contributed by atoms with Crippen LogP contribution in [0.3, 0.4) is 0 Å². The van der Waals surface area contributed by atoms with E-state index in [1.54, 1.807) is 6.07 Å². The molecule has 1 aromatic carbocycles. The van der Waals surface area contributed by atoms with Gasteiger partial charge in [-0.25, -0.2) is 0 Å². The molecule has 1 aromatic heterocycles. The molecule has 3 heterocycles. The summed E-state index contributed by atoms with van der Waals surface area (Å²) in [6.07, 6.45) is 1.23. The summed E-state index contributed by atoms with van der Waals surface area (Å²) in [6, 6.07) is 11.2. The fraction of sp³-hybridized carbons (Fsp3) is 0.368. The molecule has 1 unspecified atom stereocenters. The van der Waals surface area contributed by atoms with Gasteiger partial charge in [0.05, 0.1) is 34.7 Å². The van der Waals surface area contributed by atoms with E-state index >= 15 is 0 Å². The second-order valence-electron chi connectivity index (χ2n) is 6.71. The molecule has 2 N–H and O–H groups in total. The Labute approximate surface area is 170 Å². The molecule has 2 aromatic rings. The predicted molar refractivity (Wildman–Crippen MR) is 109 cm³/mol. The van der Waals surface area contributed by atoms with Crippen molar-refractivity contribution in [3.63, 3.8) is 0 Å². The van der Waals surface area contributed by atoms with Crippen molar-refractivity contribution in [1.29, 1.82) is 10.7 Å². The van der Waals surface area contributed by atoms with E-state index < -0.39 is 15.9 Å². The number of amidine groups is 1. The molecular weight excluding hydrogens is 402 g/mol. The zero-order chi connectivity index (χ0) is 19.0. The lowest BCUT2D eigenvalue weighted by Gasteiger charge is -2.44. The summed E-state index contributed by atoms with van der Waals surface area (Å²) in [5.74, 6) is 0.762. The Morgan fingerprint density at radius 1 is 1.37 bits per heavy atom. The van der Waals surface area contributed by atoms with Crippen LogP contribution in [0.15, 0.2) is 30.3 Å². The van der Waals surface area contributed by atoms with Gasteiger partial charge in [0.2, 0.25) is 0 Å². The van der Waals surface area contributed by atoms with Gasteiger partial charge < -0.3 is 14.6 Å². The van der Waals surface area contributed by atoms with E-state index in [9.17, 15) is 4.55 Å². The molecule has 0 saturated carbocycles. The van der Waals surface area contributed by atoms with Crippen LogP contribution in [0.5, 0.6) is 0 Å². The van der Waals surface area contributed by atoms with Gasteiger partial charge in [-0.1, -0.05) is 23.7 Å². The van der Waals surface area contributed by atoms with Crippen LogP contribution in [-0.4, -0.2) is 34.1 Å². The van der Waals surface area contributed by atoms with Gasteiger partial charge in [0.15, 0.2) is 10.6 Å². The number of rotatable bonds is 2. The Morgan fingerprint density at radius 2 is 2.15 bits per heavy atom. The van der Waals surface area contributed by atoms with Gasteiger partial charge in [-0.3, -0.25) is 5.41 Å². The highest BCUT2D eigenvalue weighted by Gasteiger charge is 2.53. The van der Waals surface area contributed by atoms with Crippen LogP contribution < -0.4 is 5.32 Å². The number of halogens is 1. The van der Waals surface area contributed by atoms with E-state index in [-0.39, 0.29) is 6.04 Å². The van der Waals surface area contributed by atoms with Crippen molar-refractivity contribution < 1.29 is 9.29 Å². The van der Waals surface area contributed by atoms with E-state index in [1.165, 1.54) is 11.3 Å². The van der Waals surface area contributed by atoms with Gasteiger partial charge in [0, 0.05) is 17.7 Å². The number of ether oxygens (including phenoxy) is 1. The van der Waals surface area contributed by atoms with Crippen molar-refractivity contribution >= 4 is 39.9 Å². The van der Waals surface area contributed by atoms with Crippen LogP contribution in [0.4, 0.5) is 0 Å². The van der Waals surface area contributed by atoms with Crippen LogP contribution in [0, 0.1) is 16.7 Å². The Balaban J connectivity index is 1.60. The van der Waals surface area contributed by atoms with Gasteiger partial charge in [-0.05, 0) is 34.9 Å². The summed E-state index contributed by atoms with van der Waals surface area (Å²) in [7, 11) is 0. The minimum atomic E-state index is -1.16. The van der Waals surface area contributed by atoms with E-state index in [0.29, 0.717) is 48.2 Å². The Kier molecular flexibility index (Phi) is 5.19. The normalized spacial score (nSPS) is 24.4. The van der Waals surface area contributed by atoms with Crippen molar-refractivity contribution in [2.75, 3.05) is 19.0 Å². The number of nitrogens with zero attached hydrogens (tertiary/aromatic N) is 1. The minimum absolute atomic E-state index is 0.239. The second kappa shape index (κ2) is 7.46. The van der Waals surface area contributed by atoms with Crippen LogP contribution in [0.2, 0.25) is 5.02 Å². The first-order valence-electron chi connectivity index (χ1n) is 8.65. The monoisotopic (exact) mass is 419 g/mol. The van der Waals surface area contributed by atoms with Crippen LogP contribution in [0.25, 0.3) is 10.4 Å². The minimum Gasteiger partial charge on any atom is -0.616 e. The molecule has 2 atom stereocenters. The van der Waals surface area contributed by atoms with Gasteiger partial charge in [0.1, 0.15) is 11.8 Å². The van der Waals surface area contributed by atoms with Gasteiger partial charge >= 0.3 is 0 Å². The highest BCUT2D eigenvalue weighted by molar-refractivity contribution is 7.93. The fourth-order valence-electron chi connectivity index (χ4n) is 3.60. The van der Waals surface area contributed by atoms with E-state index in [0.717, 1.165) is 15.3 Å². The van der Waals surface area contributed by atoms with Crippen molar-refractivity contribution in [3.8, 4) is 16.5 Å². The SMILES string of the molecule is N#Cc1cccc(-c2cc(Cl)c([C@@H]3C[S+]([O-])C4(CCOCC4)C(=N)N3)s2)c1. The first-order valence-corrected chi connectivity index (χ1v) is 11.2. The molecule has 2 aliphatic rings. The Hall–Kier alpha value is -1.56. The molecule has 27 heavy (non-hydrogen) atoms. The molecule has 2 aliphatic heterocycles. The Bertz CT molecular complexity index is 918. The molecule has 4 rings (SSSR count). The third kappa shape index (κ3) is 3.37. The van der Waals surface area contributed by atoms with Crippen molar-refractivity contribution in [2.24, 2.45) is 0 Å².